The van der Waals surface area contributed by atoms with Crippen LogP contribution in [0.5, 0.6) is 0 Å². The van der Waals surface area contributed by atoms with Crippen molar-refractivity contribution in [2.45, 2.75) is 40.2 Å². The Kier molecular flexibility index (Phi) is 3.83. The van der Waals surface area contributed by atoms with Gasteiger partial charge < -0.3 is 9.88 Å². The van der Waals surface area contributed by atoms with E-state index in [0.29, 0.717) is 13.1 Å². The summed E-state index contributed by atoms with van der Waals surface area (Å²) in [4.78, 5) is 29.4. The van der Waals surface area contributed by atoms with Crippen LogP contribution in [0.4, 0.5) is 0 Å². The van der Waals surface area contributed by atoms with E-state index < -0.39 is 0 Å². The third kappa shape index (κ3) is 2.81. The highest BCUT2D eigenvalue weighted by atomic mass is 16.2. The van der Waals surface area contributed by atoms with E-state index in [-0.39, 0.29) is 23.1 Å². The van der Waals surface area contributed by atoms with Crippen molar-refractivity contribution in [2.24, 2.45) is 0 Å². The van der Waals surface area contributed by atoms with Crippen molar-refractivity contribution in [3.8, 4) is 0 Å². The Morgan fingerprint density at radius 2 is 2.00 bits per heavy atom. The summed E-state index contributed by atoms with van der Waals surface area (Å²) < 4.78 is 1.99. The molecule has 3 rings (SSSR count). The number of rotatable bonds is 2. The molecule has 1 aliphatic heterocycles. The molecule has 0 spiro atoms. The molecule has 0 aliphatic carbocycles. The Bertz CT molecular complexity index is 818. The molecule has 0 aromatic carbocycles. The highest BCUT2D eigenvalue weighted by molar-refractivity contribution is 5.95. The van der Waals surface area contributed by atoms with Gasteiger partial charge in [-0.2, -0.15) is 5.10 Å². The number of H-pyrrole nitrogens is 1. The summed E-state index contributed by atoms with van der Waals surface area (Å²) in [6, 6.07) is 4.06. The summed E-state index contributed by atoms with van der Waals surface area (Å²) in [5, 5.41) is 4.52. The summed E-state index contributed by atoms with van der Waals surface area (Å²) in [7, 11) is 0. The van der Waals surface area contributed by atoms with E-state index in [9.17, 15) is 9.59 Å². The number of carbonyl (C=O) groups is 1. The first-order valence-corrected chi connectivity index (χ1v) is 7.89. The van der Waals surface area contributed by atoms with Gasteiger partial charge in [-0.15, -0.1) is 0 Å². The molecular formula is C17H22N4O2. The van der Waals surface area contributed by atoms with Gasteiger partial charge in [0.25, 0.3) is 11.5 Å². The second-order valence-corrected chi connectivity index (χ2v) is 6.40. The van der Waals surface area contributed by atoms with E-state index in [1.165, 1.54) is 0 Å². The molecule has 2 aromatic heterocycles. The van der Waals surface area contributed by atoms with E-state index >= 15 is 0 Å². The van der Waals surface area contributed by atoms with E-state index in [2.05, 4.69) is 10.1 Å². The summed E-state index contributed by atoms with van der Waals surface area (Å²) in [5.41, 5.74) is 3.53. The van der Waals surface area contributed by atoms with Crippen LogP contribution in [0.1, 0.15) is 45.5 Å². The largest absolute Gasteiger partial charge is 0.336 e. The lowest BCUT2D eigenvalue weighted by Gasteiger charge is -2.18. The molecule has 122 valence electrons. The van der Waals surface area contributed by atoms with Gasteiger partial charge in [0.15, 0.2) is 0 Å². The molecule has 1 unspecified atom stereocenters. The zero-order valence-electron chi connectivity index (χ0n) is 14.0. The van der Waals surface area contributed by atoms with Crippen LogP contribution in [0, 0.1) is 27.7 Å². The van der Waals surface area contributed by atoms with Gasteiger partial charge in [-0.3, -0.25) is 14.3 Å². The van der Waals surface area contributed by atoms with Gasteiger partial charge in [0, 0.05) is 24.5 Å². The van der Waals surface area contributed by atoms with Crippen molar-refractivity contribution in [1.29, 1.82) is 0 Å². The Morgan fingerprint density at radius 3 is 2.61 bits per heavy atom. The molecule has 6 nitrogen and oxygen atoms in total. The number of hydrogen-bond acceptors (Lipinski definition) is 3. The van der Waals surface area contributed by atoms with Gasteiger partial charge in [0.2, 0.25) is 0 Å². The Hall–Kier alpha value is -2.37. The van der Waals surface area contributed by atoms with Gasteiger partial charge in [-0.05, 0) is 51.8 Å². The first-order chi connectivity index (χ1) is 10.9. The number of nitrogens with zero attached hydrogens (tertiary/aromatic N) is 3. The van der Waals surface area contributed by atoms with Crippen molar-refractivity contribution in [3.63, 3.8) is 0 Å². The number of pyridine rings is 1. The van der Waals surface area contributed by atoms with E-state index in [1.54, 1.807) is 4.90 Å². The zero-order chi connectivity index (χ0) is 16.7. The number of amides is 1. The molecule has 0 saturated carbocycles. The fourth-order valence-corrected chi connectivity index (χ4v) is 3.42. The number of aromatic nitrogens is 3. The lowest BCUT2D eigenvalue weighted by molar-refractivity contribution is 0.0784. The second kappa shape index (κ2) is 5.68. The van der Waals surface area contributed by atoms with Gasteiger partial charge >= 0.3 is 0 Å². The standard InChI is InChI=1S/C17H22N4O2/c1-10-7-11(2)18-16(22)15(10)17(23)20-6-5-14(9-20)21-13(4)8-12(3)19-21/h7-8,14H,5-6,9H2,1-4H3,(H,18,22). The first kappa shape index (κ1) is 15.5. The molecule has 0 radical (unpaired) electrons. The molecule has 6 heteroatoms. The number of likely N-dealkylation sites (tertiary alicyclic amines) is 1. The molecule has 1 atom stereocenters. The van der Waals surface area contributed by atoms with Gasteiger partial charge in [-0.1, -0.05) is 0 Å². The second-order valence-electron chi connectivity index (χ2n) is 6.40. The number of aryl methyl sites for hydroxylation is 4. The van der Waals surface area contributed by atoms with Gasteiger partial charge in [0.1, 0.15) is 5.56 Å². The Morgan fingerprint density at radius 1 is 1.26 bits per heavy atom. The predicted molar refractivity (Wildman–Crippen MR) is 87.8 cm³/mol. The third-order valence-electron chi connectivity index (χ3n) is 4.42. The minimum atomic E-state index is -0.304. The average molecular weight is 314 g/mol. The van der Waals surface area contributed by atoms with E-state index in [1.807, 2.05) is 44.5 Å². The van der Waals surface area contributed by atoms with Crippen molar-refractivity contribution >= 4 is 5.91 Å². The van der Waals surface area contributed by atoms with Crippen LogP contribution < -0.4 is 5.56 Å². The topological polar surface area (TPSA) is 71.0 Å². The normalized spacial score (nSPS) is 17.7. The summed E-state index contributed by atoms with van der Waals surface area (Å²) in [5.74, 6) is -0.187. The van der Waals surface area contributed by atoms with Crippen LogP contribution in [-0.4, -0.2) is 38.7 Å². The van der Waals surface area contributed by atoms with Gasteiger partial charge in [0.05, 0.1) is 11.7 Å². The zero-order valence-corrected chi connectivity index (χ0v) is 14.0. The molecule has 1 aliphatic rings. The quantitative estimate of drug-likeness (QED) is 0.920. The van der Waals surface area contributed by atoms with Crippen LogP contribution in [0.2, 0.25) is 0 Å². The Labute approximate surface area is 135 Å². The van der Waals surface area contributed by atoms with Crippen LogP contribution >= 0.6 is 0 Å². The third-order valence-corrected chi connectivity index (χ3v) is 4.42. The molecule has 0 bridgehead atoms. The maximum Gasteiger partial charge on any atom is 0.261 e. The SMILES string of the molecule is Cc1cc(C)n(C2CCN(C(=O)c3c(C)cc(C)[nH]c3=O)C2)n1. The molecule has 1 fully saturated rings. The van der Waals surface area contributed by atoms with Crippen molar-refractivity contribution in [1.82, 2.24) is 19.7 Å². The number of nitrogens with one attached hydrogen (secondary N) is 1. The summed E-state index contributed by atoms with van der Waals surface area (Å²) >= 11 is 0. The fraction of sp³-hybridized carbons (Fsp3) is 0.471. The lowest BCUT2D eigenvalue weighted by Crippen LogP contribution is -2.34. The van der Waals surface area contributed by atoms with Crippen LogP contribution in [-0.2, 0) is 0 Å². The fourth-order valence-electron chi connectivity index (χ4n) is 3.42. The van der Waals surface area contributed by atoms with E-state index in [4.69, 9.17) is 0 Å². The molecule has 1 saturated heterocycles. The highest BCUT2D eigenvalue weighted by Gasteiger charge is 2.31. The smallest absolute Gasteiger partial charge is 0.261 e. The van der Waals surface area contributed by atoms with Crippen molar-refractivity contribution in [3.05, 3.63) is 50.7 Å². The van der Waals surface area contributed by atoms with E-state index in [0.717, 1.165) is 29.1 Å². The monoisotopic (exact) mass is 314 g/mol. The van der Waals surface area contributed by atoms with Crippen LogP contribution in [0.15, 0.2) is 16.9 Å². The average Bonchev–Trinajstić information content (AvgIpc) is 3.03. The molecule has 3 heterocycles. The molecular weight excluding hydrogens is 292 g/mol. The molecule has 1 N–H and O–H groups in total. The Balaban J connectivity index is 1.83. The number of aromatic amines is 1. The van der Waals surface area contributed by atoms with Crippen LogP contribution in [0.25, 0.3) is 0 Å². The molecule has 2 aromatic rings. The minimum absolute atomic E-state index is 0.178. The maximum atomic E-state index is 12.7. The van der Waals surface area contributed by atoms with Crippen LogP contribution in [0.3, 0.4) is 0 Å². The highest BCUT2D eigenvalue weighted by Crippen LogP contribution is 2.24. The molecule has 1 amide bonds. The van der Waals surface area contributed by atoms with Crippen molar-refractivity contribution < 1.29 is 4.79 Å². The number of carbonyl (C=O) groups excluding carboxylic acids is 1. The summed E-state index contributed by atoms with van der Waals surface area (Å²) in [6.45, 7) is 8.86. The summed E-state index contributed by atoms with van der Waals surface area (Å²) in [6.07, 6.45) is 0.858. The molecule has 23 heavy (non-hydrogen) atoms. The van der Waals surface area contributed by atoms with Crippen molar-refractivity contribution in [2.75, 3.05) is 13.1 Å². The predicted octanol–water partition coefficient (Wildman–Crippen LogP) is 1.89. The maximum absolute atomic E-state index is 12.7. The minimum Gasteiger partial charge on any atom is -0.336 e. The first-order valence-electron chi connectivity index (χ1n) is 7.89. The number of hydrogen-bond donors (Lipinski definition) is 1. The van der Waals surface area contributed by atoms with Gasteiger partial charge in [-0.25, -0.2) is 0 Å². The lowest BCUT2D eigenvalue weighted by atomic mass is 10.1.